The third kappa shape index (κ3) is 2.13. The van der Waals surface area contributed by atoms with Crippen LogP contribution in [0.2, 0.25) is 0 Å². The van der Waals surface area contributed by atoms with Gasteiger partial charge in [-0.2, -0.15) is 5.26 Å². The molecule has 1 aromatic carbocycles. The molecule has 0 fully saturated rings. The van der Waals surface area contributed by atoms with Crippen molar-refractivity contribution >= 4 is 10.9 Å². The molecule has 0 aliphatic heterocycles. The summed E-state index contributed by atoms with van der Waals surface area (Å²) in [6.07, 6.45) is 0.0811. The zero-order valence-electron chi connectivity index (χ0n) is 11.1. The van der Waals surface area contributed by atoms with Gasteiger partial charge in [0.25, 0.3) is 5.56 Å². The van der Waals surface area contributed by atoms with Gasteiger partial charge in [-0.15, -0.1) is 0 Å². The molecule has 1 heterocycles. The van der Waals surface area contributed by atoms with E-state index in [9.17, 15) is 4.79 Å². The number of hydrogen-bond acceptors (Lipinski definition) is 4. The number of nitriles is 1. The van der Waals surface area contributed by atoms with E-state index in [1.807, 2.05) is 6.07 Å². The normalized spacial score (nSPS) is 10.2. The quantitative estimate of drug-likeness (QED) is 0.839. The maximum atomic E-state index is 12.1. The first-order chi connectivity index (χ1) is 9.12. The SMILES string of the molecule is COc1cc(OC)c2cc(CC#N)c(=O)n(C)c2c1. The first-order valence-electron chi connectivity index (χ1n) is 5.74. The summed E-state index contributed by atoms with van der Waals surface area (Å²) < 4.78 is 12.0. The first kappa shape index (κ1) is 13.0. The van der Waals surface area contributed by atoms with Crippen molar-refractivity contribution in [2.24, 2.45) is 7.05 Å². The second-order valence-electron chi connectivity index (χ2n) is 4.13. The Labute approximate surface area is 110 Å². The molecule has 2 rings (SSSR count). The Morgan fingerprint density at radius 1 is 1.26 bits per heavy atom. The molecular formula is C14H14N2O3. The van der Waals surface area contributed by atoms with Crippen LogP contribution in [0.3, 0.4) is 0 Å². The molecule has 5 nitrogen and oxygen atoms in total. The average molecular weight is 258 g/mol. The predicted molar refractivity (Wildman–Crippen MR) is 71.6 cm³/mol. The van der Waals surface area contributed by atoms with Crippen molar-refractivity contribution in [3.63, 3.8) is 0 Å². The van der Waals surface area contributed by atoms with Crippen LogP contribution in [-0.4, -0.2) is 18.8 Å². The molecule has 0 amide bonds. The first-order valence-corrected chi connectivity index (χ1v) is 5.74. The Morgan fingerprint density at radius 3 is 2.58 bits per heavy atom. The number of nitrogens with zero attached hydrogens (tertiary/aromatic N) is 2. The smallest absolute Gasteiger partial charge is 0.255 e. The van der Waals surface area contributed by atoms with E-state index < -0.39 is 0 Å². The van der Waals surface area contributed by atoms with Gasteiger partial charge in [0.15, 0.2) is 0 Å². The van der Waals surface area contributed by atoms with E-state index in [0.717, 1.165) is 5.39 Å². The molecule has 0 saturated heterocycles. The van der Waals surface area contributed by atoms with E-state index >= 15 is 0 Å². The number of ether oxygens (including phenoxy) is 2. The summed E-state index contributed by atoms with van der Waals surface area (Å²) in [5.41, 5.74) is 0.994. The van der Waals surface area contributed by atoms with Crippen molar-refractivity contribution in [3.05, 3.63) is 34.1 Å². The fourth-order valence-electron chi connectivity index (χ4n) is 2.07. The predicted octanol–water partition coefficient (Wildman–Crippen LogP) is 1.62. The van der Waals surface area contributed by atoms with Gasteiger partial charge in [0, 0.05) is 30.1 Å². The molecule has 1 aromatic heterocycles. The number of benzene rings is 1. The lowest BCUT2D eigenvalue weighted by atomic mass is 10.1. The molecule has 0 spiro atoms. The summed E-state index contributed by atoms with van der Waals surface area (Å²) in [6.45, 7) is 0. The Balaban J connectivity index is 2.88. The Kier molecular flexibility index (Phi) is 3.43. The van der Waals surface area contributed by atoms with Crippen LogP contribution < -0.4 is 15.0 Å². The van der Waals surface area contributed by atoms with Gasteiger partial charge in [0.1, 0.15) is 11.5 Å². The summed E-state index contributed by atoms with van der Waals surface area (Å²) in [6, 6.07) is 7.23. The largest absolute Gasteiger partial charge is 0.497 e. The highest BCUT2D eigenvalue weighted by Gasteiger charge is 2.12. The Hall–Kier alpha value is -2.48. The van der Waals surface area contributed by atoms with Gasteiger partial charge in [-0.25, -0.2) is 0 Å². The van der Waals surface area contributed by atoms with E-state index in [1.54, 1.807) is 39.5 Å². The van der Waals surface area contributed by atoms with Gasteiger partial charge >= 0.3 is 0 Å². The lowest BCUT2D eigenvalue weighted by Crippen LogP contribution is -2.21. The second kappa shape index (κ2) is 5.02. The summed E-state index contributed by atoms with van der Waals surface area (Å²) >= 11 is 0. The molecule has 0 bridgehead atoms. The number of pyridine rings is 1. The zero-order valence-corrected chi connectivity index (χ0v) is 11.1. The van der Waals surface area contributed by atoms with E-state index in [4.69, 9.17) is 14.7 Å². The van der Waals surface area contributed by atoms with Crippen molar-refractivity contribution in [1.82, 2.24) is 4.57 Å². The van der Waals surface area contributed by atoms with Crippen molar-refractivity contribution < 1.29 is 9.47 Å². The van der Waals surface area contributed by atoms with Gasteiger partial charge in [0.2, 0.25) is 0 Å². The van der Waals surface area contributed by atoms with Crippen LogP contribution in [0.15, 0.2) is 23.0 Å². The highest BCUT2D eigenvalue weighted by atomic mass is 16.5. The topological polar surface area (TPSA) is 64.2 Å². The molecule has 0 N–H and O–H groups in total. The number of methoxy groups -OCH3 is 2. The van der Waals surface area contributed by atoms with Crippen molar-refractivity contribution in [2.75, 3.05) is 14.2 Å². The van der Waals surface area contributed by atoms with Crippen molar-refractivity contribution in [3.8, 4) is 17.6 Å². The van der Waals surface area contributed by atoms with E-state index in [-0.39, 0.29) is 12.0 Å². The summed E-state index contributed by atoms with van der Waals surface area (Å²) in [5, 5.41) is 9.55. The van der Waals surface area contributed by atoms with Crippen molar-refractivity contribution in [2.45, 2.75) is 6.42 Å². The van der Waals surface area contributed by atoms with Gasteiger partial charge in [-0.1, -0.05) is 0 Å². The highest BCUT2D eigenvalue weighted by molar-refractivity contribution is 5.87. The lowest BCUT2D eigenvalue weighted by Gasteiger charge is -2.12. The molecule has 0 aliphatic carbocycles. The maximum absolute atomic E-state index is 12.1. The molecule has 0 aliphatic rings. The standard InChI is InChI=1S/C14H14N2O3/c1-16-12-7-10(18-2)8-13(19-3)11(12)6-9(4-5-15)14(16)17/h6-8H,4H2,1-3H3. The molecule has 2 aromatic rings. The molecule has 0 saturated carbocycles. The molecule has 98 valence electrons. The van der Waals surface area contributed by atoms with Crippen LogP contribution in [0.25, 0.3) is 10.9 Å². The average Bonchev–Trinajstić information content (AvgIpc) is 2.43. The van der Waals surface area contributed by atoms with Gasteiger partial charge in [-0.3, -0.25) is 4.79 Å². The fraction of sp³-hybridized carbons (Fsp3) is 0.286. The number of rotatable bonds is 3. The fourth-order valence-corrected chi connectivity index (χ4v) is 2.07. The number of aromatic nitrogens is 1. The van der Waals surface area contributed by atoms with Gasteiger partial charge in [0.05, 0.1) is 32.2 Å². The van der Waals surface area contributed by atoms with Gasteiger partial charge in [-0.05, 0) is 6.07 Å². The third-order valence-electron chi connectivity index (χ3n) is 3.08. The van der Waals surface area contributed by atoms with Gasteiger partial charge < -0.3 is 14.0 Å². The molecule has 5 heteroatoms. The summed E-state index contributed by atoms with van der Waals surface area (Å²) in [4.78, 5) is 12.1. The lowest BCUT2D eigenvalue weighted by molar-refractivity contribution is 0.397. The molecule has 19 heavy (non-hydrogen) atoms. The molecular weight excluding hydrogens is 244 g/mol. The van der Waals surface area contributed by atoms with Crippen LogP contribution in [0.1, 0.15) is 5.56 Å². The maximum Gasteiger partial charge on any atom is 0.255 e. The summed E-state index contributed by atoms with van der Waals surface area (Å²) in [7, 11) is 4.79. The highest BCUT2D eigenvalue weighted by Crippen LogP contribution is 2.30. The molecule has 0 radical (unpaired) electrons. The number of hydrogen-bond donors (Lipinski definition) is 0. The minimum absolute atomic E-state index is 0.0811. The second-order valence-corrected chi connectivity index (χ2v) is 4.13. The van der Waals surface area contributed by atoms with E-state index in [1.165, 1.54) is 4.57 Å². The van der Waals surface area contributed by atoms with Crippen LogP contribution >= 0.6 is 0 Å². The minimum atomic E-state index is -0.177. The van der Waals surface area contributed by atoms with Crippen LogP contribution in [0.5, 0.6) is 11.5 Å². The Bertz CT molecular complexity index is 726. The van der Waals surface area contributed by atoms with Crippen LogP contribution in [-0.2, 0) is 13.5 Å². The van der Waals surface area contributed by atoms with Crippen LogP contribution in [0, 0.1) is 11.3 Å². The van der Waals surface area contributed by atoms with E-state index in [0.29, 0.717) is 22.6 Å². The minimum Gasteiger partial charge on any atom is -0.497 e. The molecule has 0 unspecified atom stereocenters. The number of aryl methyl sites for hydroxylation is 1. The monoisotopic (exact) mass is 258 g/mol. The third-order valence-corrected chi connectivity index (χ3v) is 3.08. The van der Waals surface area contributed by atoms with Crippen molar-refractivity contribution in [1.29, 1.82) is 5.26 Å². The number of fused-ring (bicyclic) bond motifs is 1. The van der Waals surface area contributed by atoms with Crippen LogP contribution in [0.4, 0.5) is 0 Å². The Morgan fingerprint density at radius 2 is 2.00 bits per heavy atom. The van der Waals surface area contributed by atoms with E-state index in [2.05, 4.69) is 0 Å². The molecule has 0 atom stereocenters. The zero-order chi connectivity index (χ0) is 14.0. The summed E-state index contributed by atoms with van der Waals surface area (Å²) in [5.74, 6) is 1.23.